The zero-order valence-corrected chi connectivity index (χ0v) is 12.6. The lowest BCUT2D eigenvalue weighted by molar-refractivity contribution is -0.385. The van der Waals surface area contributed by atoms with E-state index >= 15 is 0 Å². The Morgan fingerprint density at radius 2 is 2.14 bits per heavy atom. The Hall–Kier alpha value is -1.51. The summed E-state index contributed by atoms with van der Waals surface area (Å²) in [5, 5.41) is 10.8. The fourth-order valence-electron chi connectivity index (χ4n) is 2.87. The average Bonchev–Trinajstić information content (AvgIpc) is 2.94. The second-order valence-corrected chi connectivity index (χ2v) is 7.27. The quantitative estimate of drug-likeness (QED) is 0.652. The summed E-state index contributed by atoms with van der Waals surface area (Å²) in [6.07, 6.45) is 2.63. The highest BCUT2D eigenvalue weighted by molar-refractivity contribution is 7.89. The molecule has 0 aliphatic heterocycles. The van der Waals surface area contributed by atoms with E-state index in [4.69, 9.17) is 5.73 Å². The van der Waals surface area contributed by atoms with Crippen LogP contribution in [0.1, 0.15) is 19.3 Å². The zero-order chi connectivity index (χ0) is 15.6. The first-order valence-electron chi connectivity index (χ1n) is 6.80. The topological polar surface area (TPSA) is 107 Å². The van der Waals surface area contributed by atoms with Gasteiger partial charge in [-0.15, -0.1) is 0 Å². The predicted octanol–water partition coefficient (Wildman–Crippen LogP) is 1.34. The van der Waals surface area contributed by atoms with E-state index in [1.54, 1.807) is 0 Å². The number of nitrogens with two attached hydrogens (primary N) is 1. The molecule has 0 spiro atoms. The first-order chi connectivity index (χ1) is 9.87. The van der Waals surface area contributed by atoms with E-state index in [0.717, 1.165) is 25.3 Å². The molecule has 0 amide bonds. The molecule has 2 rings (SSSR count). The maximum absolute atomic E-state index is 12.6. The van der Waals surface area contributed by atoms with Gasteiger partial charge in [0, 0.05) is 25.2 Å². The van der Waals surface area contributed by atoms with Crippen LogP contribution in [0, 0.1) is 16.0 Å². The molecule has 8 heteroatoms. The third-order valence-electron chi connectivity index (χ3n) is 4.09. The van der Waals surface area contributed by atoms with Crippen molar-refractivity contribution < 1.29 is 13.3 Å². The van der Waals surface area contributed by atoms with E-state index in [1.807, 2.05) is 0 Å². The van der Waals surface area contributed by atoms with Crippen LogP contribution in [0.5, 0.6) is 0 Å². The number of benzene rings is 1. The Morgan fingerprint density at radius 1 is 1.43 bits per heavy atom. The van der Waals surface area contributed by atoms with Gasteiger partial charge >= 0.3 is 0 Å². The van der Waals surface area contributed by atoms with Crippen LogP contribution in [0.2, 0.25) is 0 Å². The molecule has 2 unspecified atom stereocenters. The van der Waals surface area contributed by atoms with Crippen molar-refractivity contribution in [2.24, 2.45) is 11.7 Å². The second-order valence-electron chi connectivity index (χ2n) is 5.27. The van der Waals surface area contributed by atoms with Crippen LogP contribution in [-0.4, -0.2) is 37.3 Å². The summed E-state index contributed by atoms with van der Waals surface area (Å²) < 4.78 is 26.6. The molecule has 0 bridgehead atoms. The lowest BCUT2D eigenvalue weighted by atomic mass is 10.0. The SMILES string of the molecule is CN(C1CCCC1CN)S(=O)(=O)c1cccc([N+](=O)[O-])c1. The standard InChI is InChI=1S/C13H19N3O4S/c1-15(13-7-2-4-10(13)9-14)21(19,20)12-6-3-5-11(8-12)16(17)18/h3,5-6,8,10,13H,2,4,7,9,14H2,1H3. The number of nitrogens with zero attached hydrogens (tertiary/aromatic N) is 2. The minimum atomic E-state index is -3.75. The van der Waals surface area contributed by atoms with Crippen LogP contribution in [0.3, 0.4) is 0 Å². The van der Waals surface area contributed by atoms with Crippen molar-refractivity contribution in [3.8, 4) is 0 Å². The van der Waals surface area contributed by atoms with E-state index in [-0.39, 0.29) is 22.5 Å². The largest absolute Gasteiger partial charge is 0.330 e. The molecule has 1 aromatic carbocycles. The minimum Gasteiger partial charge on any atom is -0.330 e. The summed E-state index contributed by atoms with van der Waals surface area (Å²) in [4.78, 5) is 10.1. The van der Waals surface area contributed by atoms with Crippen LogP contribution in [-0.2, 0) is 10.0 Å². The summed E-state index contributed by atoms with van der Waals surface area (Å²) in [7, 11) is -2.23. The Labute approximate surface area is 123 Å². The van der Waals surface area contributed by atoms with Gasteiger partial charge in [-0.2, -0.15) is 4.31 Å². The molecule has 116 valence electrons. The van der Waals surface area contributed by atoms with Crippen LogP contribution in [0.25, 0.3) is 0 Å². The molecule has 1 aliphatic rings. The normalized spacial score (nSPS) is 22.6. The number of nitro groups is 1. The van der Waals surface area contributed by atoms with Gasteiger partial charge in [0.05, 0.1) is 9.82 Å². The first-order valence-corrected chi connectivity index (χ1v) is 8.24. The molecule has 7 nitrogen and oxygen atoms in total. The summed E-state index contributed by atoms with van der Waals surface area (Å²) >= 11 is 0. The molecular formula is C13H19N3O4S. The molecule has 0 radical (unpaired) electrons. The Bertz CT molecular complexity index is 632. The number of non-ortho nitro benzene ring substituents is 1. The van der Waals surface area contributed by atoms with Gasteiger partial charge in [-0.25, -0.2) is 8.42 Å². The van der Waals surface area contributed by atoms with Gasteiger partial charge in [-0.1, -0.05) is 12.5 Å². The van der Waals surface area contributed by atoms with Crippen molar-refractivity contribution in [2.45, 2.75) is 30.2 Å². The maximum Gasteiger partial charge on any atom is 0.270 e. The molecule has 0 aromatic heterocycles. The van der Waals surface area contributed by atoms with Gasteiger partial charge < -0.3 is 5.73 Å². The molecule has 2 N–H and O–H groups in total. The zero-order valence-electron chi connectivity index (χ0n) is 11.8. The molecule has 1 fully saturated rings. The molecule has 1 saturated carbocycles. The number of nitro benzene ring substituents is 1. The molecule has 2 atom stereocenters. The minimum absolute atomic E-state index is 0.0538. The lowest BCUT2D eigenvalue weighted by Crippen LogP contribution is -2.41. The summed E-state index contributed by atoms with van der Waals surface area (Å²) in [6.45, 7) is 0.444. The highest BCUT2D eigenvalue weighted by Gasteiger charge is 2.36. The van der Waals surface area contributed by atoms with Crippen LogP contribution in [0.15, 0.2) is 29.2 Å². The van der Waals surface area contributed by atoms with Gasteiger partial charge in [-0.3, -0.25) is 10.1 Å². The summed E-state index contributed by atoms with van der Waals surface area (Å²) in [5.74, 6) is 0.142. The summed E-state index contributed by atoms with van der Waals surface area (Å²) in [6, 6.07) is 4.99. The Balaban J connectivity index is 2.33. The molecule has 0 saturated heterocycles. The van der Waals surface area contributed by atoms with Gasteiger partial charge in [-0.05, 0) is 31.4 Å². The van der Waals surface area contributed by atoms with E-state index in [2.05, 4.69) is 0 Å². The average molecular weight is 313 g/mol. The number of rotatable bonds is 5. The Kier molecular flexibility index (Phi) is 4.60. The van der Waals surface area contributed by atoms with E-state index in [9.17, 15) is 18.5 Å². The molecule has 1 aliphatic carbocycles. The van der Waals surface area contributed by atoms with Gasteiger partial charge in [0.25, 0.3) is 5.69 Å². The van der Waals surface area contributed by atoms with Crippen molar-refractivity contribution in [2.75, 3.05) is 13.6 Å². The fourth-order valence-corrected chi connectivity index (χ4v) is 4.36. The van der Waals surface area contributed by atoms with E-state index < -0.39 is 14.9 Å². The van der Waals surface area contributed by atoms with Gasteiger partial charge in [0.2, 0.25) is 10.0 Å². The first kappa shape index (κ1) is 15.9. The van der Waals surface area contributed by atoms with Crippen LogP contribution < -0.4 is 5.73 Å². The summed E-state index contributed by atoms with van der Waals surface area (Å²) in [5.41, 5.74) is 5.47. The van der Waals surface area contributed by atoms with Crippen molar-refractivity contribution in [1.82, 2.24) is 4.31 Å². The smallest absolute Gasteiger partial charge is 0.270 e. The van der Waals surface area contributed by atoms with Gasteiger partial charge in [0.15, 0.2) is 0 Å². The van der Waals surface area contributed by atoms with Crippen molar-refractivity contribution >= 4 is 15.7 Å². The number of hydrogen-bond acceptors (Lipinski definition) is 5. The molecule has 1 aromatic rings. The monoisotopic (exact) mass is 313 g/mol. The van der Waals surface area contributed by atoms with Crippen LogP contribution in [0.4, 0.5) is 5.69 Å². The van der Waals surface area contributed by atoms with Crippen molar-refractivity contribution in [3.05, 3.63) is 34.4 Å². The third-order valence-corrected chi connectivity index (χ3v) is 5.97. The van der Waals surface area contributed by atoms with E-state index in [0.29, 0.717) is 6.54 Å². The fraction of sp³-hybridized carbons (Fsp3) is 0.538. The number of sulfonamides is 1. The second kappa shape index (κ2) is 6.08. The highest BCUT2D eigenvalue weighted by Crippen LogP contribution is 2.32. The van der Waals surface area contributed by atoms with E-state index in [1.165, 1.54) is 29.6 Å². The maximum atomic E-state index is 12.6. The van der Waals surface area contributed by atoms with Gasteiger partial charge in [0.1, 0.15) is 0 Å². The number of hydrogen-bond donors (Lipinski definition) is 1. The Morgan fingerprint density at radius 3 is 2.76 bits per heavy atom. The van der Waals surface area contributed by atoms with Crippen molar-refractivity contribution in [3.63, 3.8) is 0 Å². The van der Waals surface area contributed by atoms with Crippen LogP contribution >= 0.6 is 0 Å². The van der Waals surface area contributed by atoms with Crippen molar-refractivity contribution in [1.29, 1.82) is 0 Å². The lowest BCUT2D eigenvalue weighted by Gasteiger charge is -2.28. The molecule has 21 heavy (non-hydrogen) atoms. The highest BCUT2D eigenvalue weighted by atomic mass is 32.2. The molecular weight excluding hydrogens is 294 g/mol. The third kappa shape index (κ3) is 3.07. The predicted molar refractivity (Wildman–Crippen MR) is 78.2 cm³/mol. The molecule has 0 heterocycles.